The summed E-state index contributed by atoms with van der Waals surface area (Å²) < 4.78 is 0. The number of aromatic amines is 1. The van der Waals surface area contributed by atoms with Crippen LogP contribution in [0.3, 0.4) is 0 Å². The first-order chi connectivity index (χ1) is 8.56. The third-order valence-corrected chi connectivity index (χ3v) is 2.47. The predicted molar refractivity (Wildman–Crippen MR) is 73.3 cm³/mol. The Morgan fingerprint density at radius 2 is 1.94 bits per heavy atom. The summed E-state index contributed by atoms with van der Waals surface area (Å²) >= 11 is 0. The topological polar surface area (TPSA) is 87.0 Å². The molecule has 1 heterocycles. The van der Waals surface area contributed by atoms with Gasteiger partial charge < -0.3 is 16.0 Å². The van der Waals surface area contributed by atoms with Crippen molar-refractivity contribution in [2.45, 2.75) is 0 Å². The summed E-state index contributed by atoms with van der Waals surface area (Å²) in [5.41, 5.74) is 7.08. The Labute approximate surface area is 104 Å². The van der Waals surface area contributed by atoms with Crippen LogP contribution in [0.1, 0.15) is 0 Å². The number of H-pyrrole nitrogens is 1. The van der Waals surface area contributed by atoms with Gasteiger partial charge in [0.25, 0.3) is 5.56 Å². The molecule has 1 aromatic heterocycles. The van der Waals surface area contributed by atoms with Gasteiger partial charge in [-0.05, 0) is 24.3 Å². The van der Waals surface area contributed by atoms with Crippen LogP contribution in [0.25, 0.3) is 0 Å². The molecule has 0 bridgehead atoms. The van der Waals surface area contributed by atoms with Gasteiger partial charge in [-0.1, -0.05) is 0 Å². The number of nitrogens with two attached hydrogens (primary N) is 1. The number of aromatic nitrogens is 2. The molecule has 6 nitrogen and oxygen atoms in total. The molecule has 0 spiro atoms. The van der Waals surface area contributed by atoms with E-state index in [1.165, 1.54) is 6.20 Å². The Balaban J connectivity index is 2.18. The molecular weight excluding hydrogens is 230 g/mol. The highest BCUT2D eigenvalue weighted by molar-refractivity contribution is 5.59. The zero-order chi connectivity index (χ0) is 13.1. The average molecular weight is 245 g/mol. The van der Waals surface area contributed by atoms with Crippen LogP contribution in [0.15, 0.2) is 35.3 Å². The Morgan fingerprint density at radius 1 is 1.28 bits per heavy atom. The minimum Gasteiger partial charge on any atom is -0.393 e. The number of anilines is 4. The predicted octanol–water partition coefficient (Wildman–Crippen LogP) is 1.16. The Morgan fingerprint density at radius 3 is 2.50 bits per heavy atom. The minimum absolute atomic E-state index is 0.100. The zero-order valence-electron chi connectivity index (χ0n) is 10.3. The van der Waals surface area contributed by atoms with Crippen molar-refractivity contribution in [3.8, 4) is 0 Å². The highest BCUT2D eigenvalue weighted by atomic mass is 16.1. The second kappa shape index (κ2) is 4.79. The highest BCUT2D eigenvalue weighted by Gasteiger charge is 2.00. The summed E-state index contributed by atoms with van der Waals surface area (Å²) in [6, 6.07) is 7.76. The molecule has 94 valence electrons. The molecule has 0 unspecified atom stereocenters. The van der Waals surface area contributed by atoms with E-state index in [0.717, 1.165) is 11.4 Å². The Hall–Kier alpha value is -2.50. The molecule has 0 amide bonds. The number of hydrogen-bond acceptors (Lipinski definition) is 5. The van der Waals surface area contributed by atoms with Crippen LogP contribution >= 0.6 is 0 Å². The summed E-state index contributed by atoms with van der Waals surface area (Å²) in [4.78, 5) is 19.9. The van der Waals surface area contributed by atoms with Crippen molar-refractivity contribution < 1.29 is 0 Å². The van der Waals surface area contributed by atoms with Gasteiger partial charge in [0.2, 0.25) is 5.95 Å². The maximum absolute atomic E-state index is 11.3. The third kappa shape index (κ3) is 2.60. The van der Waals surface area contributed by atoms with Crippen molar-refractivity contribution in [3.63, 3.8) is 0 Å². The van der Waals surface area contributed by atoms with Gasteiger partial charge in [-0.3, -0.25) is 9.78 Å². The zero-order valence-corrected chi connectivity index (χ0v) is 10.3. The lowest BCUT2D eigenvalue weighted by molar-refractivity contribution is 1.12. The number of rotatable bonds is 3. The number of nitrogens with one attached hydrogen (secondary N) is 2. The summed E-state index contributed by atoms with van der Waals surface area (Å²) in [6.07, 6.45) is 1.33. The standard InChI is InChI=1S/C12H15N5O/c1-17(2)9-5-3-8(4-6-9)15-12-14-7-10(13)11(18)16-12/h3-7H,13H2,1-2H3,(H2,14,15,16,18). The summed E-state index contributed by atoms with van der Waals surface area (Å²) in [7, 11) is 3.95. The van der Waals surface area contributed by atoms with E-state index < -0.39 is 0 Å². The van der Waals surface area contributed by atoms with Gasteiger partial charge in [0.1, 0.15) is 5.69 Å². The molecule has 0 saturated heterocycles. The normalized spacial score (nSPS) is 10.1. The molecule has 4 N–H and O–H groups in total. The Kier molecular flexibility index (Phi) is 3.18. The lowest BCUT2D eigenvalue weighted by Crippen LogP contribution is -2.14. The van der Waals surface area contributed by atoms with Crippen molar-refractivity contribution in [1.82, 2.24) is 9.97 Å². The lowest BCUT2D eigenvalue weighted by atomic mass is 10.2. The van der Waals surface area contributed by atoms with Crippen molar-refractivity contribution >= 4 is 23.0 Å². The molecule has 0 atom stereocenters. The molecule has 0 fully saturated rings. The van der Waals surface area contributed by atoms with E-state index >= 15 is 0 Å². The molecule has 6 heteroatoms. The molecule has 0 radical (unpaired) electrons. The monoisotopic (exact) mass is 245 g/mol. The fourth-order valence-corrected chi connectivity index (χ4v) is 1.45. The van der Waals surface area contributed by atoms with Gasteiger partial charge in [0.15, 0.2) is 0 Å². The SMILES string of the molecule is CN(C)c1ccc(Nc2ncc(N)c(=O)[nH]2)cc1. The first-order valence-electron chi connectivity index (χ1n) is 5.45. The van der Waals surface area contributed by atoms with Crippen molar-refractivity contribution in [2.75, 3.05) is 30.0 Å². The first kappa shape index (κ1) is 12.0. The van der Waals surface area contributed by atoms with Gasteiger partial charge in [0, 0.05) is 25.5 Å². The number of benzene rings is 1. The van der Waals surface area contributed by atoms with E-state index in [0.29, 0.717) is 5.95 Å². The van der Waals surface area contributed by atoms with Gasteiger partial charge >= 0.3 is 0 Å². The largest absolute Gasteiger partial charge is 0.393 e. The summed E-state index contributed by atoms with van der Waals surface area (Å²) in [5.74, 6) is 0.367. The molecule has 0 aliphatic carbocycles. The average Bonchev–Trinajstić information content (AvgIpc) is 2.34. The molecule has 0 saturated carbocycles. The quantitative estimate of drug-likeness (QED) is 0.755. The minimum atomic E-state index is -0.350. The van der Waals surface area contributed by atoms with Gasteiger partial charge in [-0.25, -0.2) is 4.98 Å². The van der Waals surface area contributed by atoms with E-state index in [1.54, 1.807) is 0 Å². The molecule has 2 rings (SSSR count). The van der Waals surface area contributed by atoms with Crippen molar-refractivity contribution in [2.24, 2.45) is 0 Å². The van der Waals surface area contributed by atoms with Crippen LogP contribution in [0, 0.1) is 0 Å². The number of nitrogens with zero attached hydrogens (tertiary/aromatic N) is 2. The molecule has 18 heavy (non-hydrogen) atoms. The molecular formula is C12H15N5O. The smallest absolute Gasteiger partial charge is 0.275 e. The van der Waals surface area contributed by atoms with Gasteiger partial charge in [-0.15, -0.1) is 0 Å². The fraction of sp³-hybridized carbons (Fsp3) is 0.167. The molecule has 0 aliphatic rings. The fourth-order valence-electron chi connectivity index (χ4n) is 1.45. The van der Waals surface area contributed by atoms with Gasteiger partial charge in [0.05, 0.1) is 6.20 Å². The molecule has 2 aromatic rings. The van der Waals surface area contributed by atoms with Crippen molar-refractivity contribution in [3.05, 3.63) is 40.8 Å². The van der Waals surface area contributed by atoms with E-state index in [-0.39, 0.29) is 11.2 Å². The van der Waals surface area contributed by atoms with Crippen LogP contribution in [-0.4, -0.2) is 24.1 Å². The third-order valence-electron chi connectivity index (χ3n) is 2.47. The molecule has 0 aliphatic heterocycles. The van der Waals surface area contributed by atoms with Crippen LogP contribution in [0.2, 0.25) is 0 Å². The maximum atomic E-state index is 11.3. The van der Waals surface area contributed by atoms with Crippen LogP contribution in [-0.2, 0) is 0 Å². The van der Waals surface area contributed by atoms with Crippen LogP contribution in [0.5, 0.6) is 0 Å². The second-order valence-electron chi connectivity index (χ2n) is 4.08. The van der Waals surface area contributed by atoms with E-state index in [4.69, 9.17) is 5.73 Å². The number of nitrogen functional groups attached to an aromatic ring is 1. The number of hydrogen-bond donors (Lipinski definition) is 3. The van der Waals surface area contributed by atoms with Crippen LogP contribution < -0.4 is 21.5 Å². The summed E-state index contributed by atoms with van der Waals surface area (Å²) in [6.45, 7) is 0. The highest BCUT2D eigenvalue weighted by Crippen LogP contribution is 2.17. The van der Waals surface area contributed by atoms with Crippen LogP contribution in [0.4, 0.5) is 23.0 Å². The first-order valence-corrected chi connectivity index (χ1v) is 5.45. The summed E-state index contributed by atoms with van der Waals surface area (Å²) in [5, 5.41) is 3.00. The lowest BCUT2D eigenvalue weighted by Gasteiger charge is -2.13. The maximum Gasteiger partial charge on any atom is 0.275 e. The van der Waals surface area contributed by atoms with E-state index in [1.807, 2.05) is 43.3 Å². The van der Waals surface area contributed by atoms with E-state index in [9.17, 15) is 4.79 Å². The van der Waals surface area contributed by atoms with Gasteiger partial charge in [-0.2, -0.15) is 0 Å². The Bertz CT molecular complexity index is 588. The second-order valence-corrected chi connectivity index (χ2v) is 4.08. The van der Waals surface area contributed by atoms with E-state index in [2.05, 4.69) is 15.3 Å². The molecule has 1 aromatic carbocycles. The van der Waals surface area contributed by atoms with Crippen molar-refractivity contribution in [1.29, 1.82) is 0 Å².